The largest absolute Gasteiger partial charge is 0.466 e. The highest BCUT2D eigenvalue weighted by Crippen LogP contribution is 1.96. The Morgan fingerprint density at radius 3 is 2.60 bits per heavy atom. The van der Waals surface area contributed by atoms with Gasteiger partial charge in [0.1, 0.15) is 0 Å². The average Bonchev–Trinajstić information content (AvgIpc) is 2.23. The third-order valence-electron chi connectivity index (χ3n) is 1.95. The number of hydrogen-bond donors (Lipinski definition) is 2. The fourth-order valence-electron chi connectivity index (χ4n) is 1.01. The van der Waals surface area contributed by atoms with Gasteiger partial charge in [-0.25, -0.2) is 0 Å². The Hall–Kier alpha value is -1.10. The van der Waals surface area contributed by atoms with Crippen molar-refractivity contribution in [3.63, 3.8) is 0 Å². The van der Waals surface area contributed by atoms with Gasteiger partial charge in [0.2, 0.25) is 5.91 Å². The van der Waals surface area contributed by atoms with Crippen molar-refractivity contribution in [1.29, 1.82) is 0 Å². The maximum absolute atomic E-state index is 11.2. The molecule has 1 atom stereocenters. The van der Waals surface area contributed by atoms with E-state index in [1.54, 1.807) is 20.9 Å². The van der Waals surface area contributed by atoms with Crippen molar-refractivity contribution >= 4 is 11.9 Å². The fourth-order valence-corrected chi connectivity index (χ4v) is 1.01. The summed E-state index contributed by atoms with van der Waals surface area (Å²) in [5.41, 5.74) is 0. The summed E-state index contributed by atoms with van der Waals surface area (Å²) >= 11 is 0. The summed E-state index contributed by atoms with van der Waals surface area (Å²) in [6, 6.07) is 0. The van der Waals surface area contributed by atoms with Gasteiger partial charge in [-0.1, -0.05) is 6.92 Å². The smallest absolute Gasteiger partial charge is 0.309 e. The minimum absolute atomic E-state index is 0.00807. The molecule has 0 saturated carbocycles. The van der Waals surface area contributed by atoms with Crippen LogP contribution in [-0.4, -0.2) is 38.6 Å². The van der Waals surface area contributed by atoms with Crippen LogP contribution in [0.4, 0.5) is 0 Å². The van der Waals surface area contributed by atoms with E-state index in [1.165, 1.54) is 0 Å². The Morgan fingerprint density at radius 1 is 1.40 bits per heavy atom. The van der Waals surface area contributed by atoms with E-state index in [9.17, 15) is 9.59 Å². The Labute approximate surface area is 90.6 Å². The van der Waals surface area contributed by atoms with E-state index in [4.69, 9.17) is 4.74 Å². The van der Waals surface area contributed by atoms with Gasteiger partial charge in [-0.2, -0.15) is 0 Å². The number of rotatable bonds is 7. The quantitative estimate of drug-likeness (QED) is 0.461. The minimum atomic E-state index is -0.204. The summed E-state index contributed by atoms with van der Waals surface area (Å²) in [4.78, 5) is 22.0. The highest BCUT2D eigenvalue weighted by Gasteiger charge is 2.12. The summed E-state index contributed by atoms with van der Waals surface area (Å²) in [6.07, 6.45) is 0.423. The summed E-state index contributed by atoms with van der Waals surface area (Å²) in [5.74, 6) is -0.383. The molecule has 0 spiro atoms. The predicted molar refractivity (Wildman–Crippen MR) is 57.4 cm³/mol. The molecular weight excluding hydrogens is 196 g/mol. The Bertz CT molecular complexity index is 207. The molecule has 0 rings (SSSR count). The first-order chi connectivity index (χ1) is 7.11. The number of hydrogen-bond acceptors (Lipinski definition) is 4. The first-order valence-corrected chi connectivity index (χ1v) is 5.19. The molecule has 0 aliphatic carbocycles. The van der Waals surface area contributed by atoms with Crippen molar-refractivity contribution in [2.75, 3.05) is 26.7 Å². The van der Waals surface area contributed by atoms with Crippen LogP contribution in [-0.2, 0) is 14.3 Å². The van der Waals surface area contributed by atoms with Crippen molar-refractivity contribution in [1.82, 2.24) is 10.6 Å². The monoisotopic (exact) mass is 216 g/mol. The van der Waals surface area contributed by atoms with Crippen LogP contribution in [0.3, 0.4) is 0 Å². The molecule has 0 aromatic heterocycles. The second-order valence-corrected chi connectivity index (χ2v) is 3.28. The summed E-state index contributed by atoms with van der Waals surface area (Å²) in [7, 11) is 1.60. The molecule has 15 heavy (non-hydrogen) atoms. The topological polar surface area (TPSA) is 67.4 Å². The van der Waals surface area contributed by atoms with Crippen molar-refractivity contribution in [2.45, 2.75) is 20.3 Å². The highest BCUT2D eigenvalue weighted by atomic mass is 16.5. The van der Waals surface area contributed by atoms with Crippen molar-refractivity contribution < 1.29 is 14.3 Å². The average molecular weight is 216 g/mol. The van der Waals surface area contributed by atoms with E-state index in [-0.39, 0.29) is 17.8 Å². The third-order valence-corrected chi connectivity index (χ3v) is 1.95. The van der Waals surface area contributed by atoms with Crippen LogP contribution in [0.1, 0.15) is 20.3 Å². The molecule has 2 N–H and O–H groups in total. The van der Waals surface area contributed by atoms with E-state index in [0.717, 1.165) is 0 Å². The van der Waals surface area contributed by atoms with Crippen LogP contribution in [0.5, 0.6) is 0 Å². The maximum atomic E-state index is 11.2. The Balaban J connectivity index is 3.50. The zero-order valence-corrected chi connectivity index (χ0v) is 9.63. The lowest BCUT2D eigenvalue weighted by Crippen LogP contribution is -2.31. The molecule has 0 aromatic carbocycles. The molecule has 0 heterocycles. The van der Waals surface area contributed by atoms with Gasteiger partial charge in [0.25, 0.3) is 0 Å². The molecule has 0 radical (unpaired) electrons. The normalized spacial score (nSPS) is 11.9. The molecule has 0 aromatic rings. The minimum Gasteiger partial charge on any atom is -0.466 e. The number of esters is 1. The number of carbonyl (C=O) groups excluding carboxylic acids is 2. The van der Waals surface area contributed by atoms with E-state index < -0.39 is 0 Å². The molecule has 0 aliphatic rings. The molecule has 1 amide bonds. The number of ether oxygens (including phenoxy) is 1. The van der Waals surface area contributed by atoms with Gasteiger partial charge in [0.15, 0.2) is 0 Å². The highest BCUT2D eigenvalue weighted by molar-refractivity contribution is 5.75. The van der Waals surface area contributed by atoms with Crippen LogP contribution in [0.25, 0.3) is 0 Å². The van der Waals surface area contributed by atoms with Crippen molar-refractivity contribution in [2.24, 2.45) is 5.92 Å². The molecule has 88 valence electrons. The lowest BCUT2D eigenvalue weighted by molar-refractivity contribution is -0.147. The van der Waals surface area contributed by atoms with E-state index in [1.807, 2.05) is 0 Å². The summed E-state index contributed by atoms with van der Waals surface area (Å²) in [6.45, 7) is 5.09. The van der Waals surface area contributed by atoms with Crippen LogP contribution < -0.4 is 10.6 Å². The molecule has 5 nitrogen and oxygen atoms in total. The van der Waals surface area contributed by atoms with Crippen molar-refractivity contribution in [3.8, 4) is 0 Å². The Morgan fingerprint density at radius 2 is 2.07 bits per heavy atom. The van der Waals surface area contributed by atoms with Crippen LogP contribution in [0.15, 0.2) is 0 Å². The molecule has 5 heteroatoms. The molecule has 0 saturated heterocycles. The lowest BCUT2D eigenvalue weighted by atomic mass is 10.2. The van der Waals surface area contributed by atoms with Crippen LogP contribution in [0.2, 0.25) is 0 Å². The van der Waals surface area contributed by atoms with Crippen molar-refractivity contribution in [3.05, 3.63) is 0 Å². The zero-order valence-electron chi connectivity index (χ0n) is 9.63. The molecule has 1 unspecified atom stereocenters. The predicted octanol–water partition coefficient (Wildman–Crippen LogP) is -0.0887. The standard InChI is InChI=1S/C10H20N2O3/c1-4-15-10(14)8(2)7-12-6-5-9(13)11-3/h8,12H,4-7H2,1-3H3,(H,11,13). The maximum Gasteiger partial charge on any atom is 0.309 e. The van der Waals surface area contributed by atoms with Gasteiger partial charge >= 0.3 is 5.97 Å². The molecular formula is C10H20N2O3. The number of amides is 1. The van der Waals surface area contributed by atoms with Gasteiger partial charge in [0.05, 0.1) is 12.5 Å². The van der Waals surface area contributed by atoms with Crippen LogP contribution >= 0.6 is 0 Å². The van der Waals surface area contributed by atoms with Gasteiger partial charge < -0.3 is 15.4 Å². The van der Waals surface area contributed by atoms with Gasteiger partial charge in [-0.15, -0.1) is 0 Å². The fraction of sp³-hybridized carbons (Fsp3) is 0.800. The number of nitrogens with one attached hydrogen (secondary N) is 2. The van der Waals surface area contributed by atoms with Crippen LogP contribution in [0, 0.1) is 5.92 Å². The molecule has 0 aliphatic heterocycles. The zero-order chi connectivity index (χ0) is 11.7. The second kappa shape index (κ2) is 8.23. The number of carbonyl (C=O) groups is 2. The first kappa shape index (κ1) is 13.9. The molecule has 0 fully saturated rings. The lowest BCUT2D eigenvalue weighted by Gasteiger charge is -2.11. The summed E-state index contributed by atoms with van der Waals surface area (Å²) in [5, 5.41) is 5.55. The van der Waals surface area contributed by atoms with E-state index in [0.29, 0.717) is 26.1 Å². The Kier molecular flexibility index (Phi) is 7.62. The molecule has 0 bridgehead atoms. The SMILES string of the molecule is CCOC(=O)C(C)CNCCC(=O)NC. The van der Waals surface area contributed by atoms with Gasteiger partial charge in [-0.3, -0.25) is 9.59 Å². The van der Waals surface area contributed by atoms with Gasteiger partial charge in [-0.05, 0) is 6.92 Å². The second-order valence-electron chi connectivity index (χ2n) is 3.28. The van der Waals surface area contributed by atoms with Gasteiger partial charge in [0, 0.05) is 26.6 Å². The third kappa shape index (κ3) is 6.90. The van der Waals surface area contributed by atoms with E-state index >= 15 is 0 Å². The van der Waals surface area contributed by atoms with E-state index in [2.05, 4.69) is 10.6 Å². The first-order valence-electron chi connectivity index (χ1n) is 5.19. The summed E-state index contributed by atoms with van der Waals surface area (Å²) < 4.78 is 4.84.